The van der Waals surface area contributed by atoms with E-state index in [-0.39, 0.29) is 6.17 Å². The summed E-state index contributed by atoms with van der Waals surface area (Å²) in [6, 6.07) is 37.8. The zero-order chi connectivity index (χ0) is 21.8. The van der Waals surface area contributed by atoms with Crippen molar-refractivity contribution in [2.24, 2.45) is 4.99 Å². The summed E-state index contributed by atoms with van der Waals surface area (Å²) < 4.78 is 6.19. The van der Waals surface area contributed by atoms with Gasteiger partial charge < -0.3 is 9.73 Å². The van der Waals surface area contributed by atoms with Crippen molar-refractivity contribution in [2.75, 3.05) is 5.32 Å². The molecule has 7 rings (SSSR count). The Hall–Kier alpha value is -4.37. The van der Waals surface area contributed by atoms with Crippen LogP contribution >= 0.6 is 0 Å². The number of nitrogens with one attached hydrogen (secondary N) is 1. The van der Waals surface area contributed by atoms with Crippen LogP contribution in [0.5, 0.6) is 0 Å². The number of aliphatic imine (C=N–C) groups is 1. The zero-order valence-corrected chi connectivity index (χ0v) is 17.8. The normalized spacial score (nSPS) is 15.4. The summed E-state index contributed by atoms with van der Waals surface area (Å²) in [4.78, 5) is 5.26. The molecule has 1 aliphatic heterocycles. The smallest absolute Gasteiger partial charge is 0.146 e. The van der Waals surface area contributed by atoms with Gasteiger partial charge in [-0.2, -0.15) is 0 Å². The Kier molecular flexibility index (Phi) is 3.91. The molecule has 5 aromatic carbocycles. The number of hydrogen-bond donors (Lipinski definition) is 1. The van der Waals surface area contributed by atoms with E-state index in [1.807, 2.05) is 18.2 Å². The molecule has 2 heterocycles. The zero-order valence-electron chi connectivity index (χ0n) is 17.8. The molecule has 0 saturated heterocycles. The molecule has 156 valence electrons. The second kappa shape index (κ2) is 7.07. The first-order valence-electron chi connectivity index (χ1n) is 11.2. The molecule has 33 heavy (non-hydrogen) atoms. The number of hydrogen-bond acceptors (Lipinski definition) is 3. The molecule has 0 amide bonds. The van der Waals surface area contributed by atoms with Crippen molar-refractivity contribution in [3.8, 4) is 0 Å². The fourth-order valence-electron chi connectivity index (χ4n) is 5.02. The second-order valence-corrected chi connectivity index (χ2v) is 8.42. The Morgan fingerprint density at radius 2 is 1.45 bits per heavy atom. The van der Waals surface area contributed by atoms with E-state index >= 15 is 0 Å². The van der Waals surface area contributed by atoms with E-state index in [1.54, 1.807) is 0 Å². The van der Waals surface area contributed by atoms with Crippen LogP contribution in [0.25, 0.3) is 32.7 Å². The fraction of sp³-hybridized carbons (Fsp3) is 0.0333. The van der Waals surface area contributed by atoms with E-state index in [9.17, 15) is 0 Å². The number of furan rings is 1. The average molecular weight is 425 g/mol. The first-order chi connectivity index (χ1) is 16.4. The summed E-state index contributed by atoms with van der Waals surface area (Å²) in [6.45, 7) is 0. The van der Waals surface area contributed by atoms with Crippen molar-refractivity contribution in [1.82, 2.24) is 0 Å². The molecule has 0 fully saturated rings. The van der Waals surface area contributed by atoms with Gasteiger partial charge in [-0.15, -0.1) is 0 Å². The number of anilines is 1. The monoisotopic (exact) mass is 424 g/mol. The third-order valence-electron chi connectivity index (χ3n) is 6.49. The minimum atomic E-state index is -0.210. The van der Waals surface area contributed by atoms with E-state index in [2.05, 4.69) is 96.3 Å². The Morgan fingerprint density at radius 1 is 0.636 bits per heavy atom. The maximum Gasteiger partial charge on any atom is 0.146 e. The maximum atomic E-state index is 6.19. The number of rotatable bonds is 2. The summed E-state index contributed by atoms with van der Waals surface area (Å²) in [5, 5.41) is 8.35. The standard InChI is InChI=1S/C30H20N2O/c1-2-9-20(10-3-1)29-21-12-4-6-15-24(21)31-30(32-29)23-14-8-11-19-17-18-26-28(27(19)23)22-13-5-7-16-25(22)33-26/h1-18,30-31H. The highest BCUT2D eigenvalue weighted by atomic mass is 16.3. The van der Waals surface area contributed by atoms with Crippen LogP contribution in [0.3, 0.4) is 0 Å². The molecule has 0 radical (unpaired) electrons. The Balaban J connectivity index is 1.53. The molecule has 3 heteroatoms. The predicted octanol–water partition coefficient (Wildman–Crippen LogP) is 7.70. The van der Waals surface area contributed by atoms with Crippen LogP contribution in [0.4, 0.5) is 5.69 Å². The number of benzene rings is 5. The summed E-state index contributed by atoms with van der Waals surface area (Å²) in [5.41, 5.74) is 7.31. The quantitative estimate of drug-likeness (QED) is 0.309. The highest BCUT2D eigenvalue weighted by Crippen LogP contribution is 2.40. The Labute approximate surface area is 191 Å². The third kappa shape index (κ3) is 2.79. The molecule has 1 unspecified atom stereocenters. The lowest BCUT2D eigenvalue weighted by molar-refractivity contribution is 0.669. The van der Waals surface area contributed by atoms with Crippen molar-refractivity contribution in [2.45, 2.75) is 6.17 Å². The van der Waals surface area contributed by atoms with Gasteiger partial charge in [-0.1, -0.05) is 91.0 Å². The summed E-state index contributed by atoms with van der Waals surface area (Å²) in [5.74, 6) is 0. The van der Waals surface area contributed by atoms with Crippen LogP contribution in [0.15, 0.2) is 119 Å². The molecular weight excluding hydrogens is 404 g/mol. The molecule has 1 atom stereocenters. The van der Waals surface area contributed by atoms with Crippen LogP contribution in [-0.4, -0.2) is 5.71 Å². The molecule has 3 nitrogen and oxygen atoms in total. The van der Waals surface area contributed by atoms with E-state index in [0.29, 0.717) is 0 Å². The van der Waals surface area contributed by atoms with Gasteiger partial charge in [-0.05, 0) is 23.6 Å². The van der Waals surface area contributed by atoms with Gasteiger partial charge in [0, 0.05) is 38.5 Å². The molecule has 0 aliphatic carbocycles. The van der Waals surface area contributed by atoms with Gasteiger partial charge in [0.25, 0.3) is 0 Å². The van der Waals surface area contributed by atoms with Crippen molar-refractivity contribution < 1.29 is 4.42 Å². The van der Waals surface area contributed by atoms with Crippen molar-refractivity contribution in [3.63, 3.8) is 0 Å². The maximum absolute atomic E-state index is 6.19. The highest BCUT2D eigenvalue weighted by Gasteiger charge is 2.24. The summed E-state index contributed by atoms with van der Waals surface area (Å²) in [6.07, 6.45) is -0.210. The predicted molar refractivity (Wildman–Crippen MR) is 136 cm³/mol. The van der Waals surface area contributed by atoms with E-state index in [1.165, 1.54) is 10.8 Å². The third-order valence-corrected chi connectivity index (χ3v) is 6.49. The van der Waals surface area contributed by atoms with E-state index < -0.39 is 0 Å². The molecule has 0 bridgehead atoms. The van der Waals surface area contributed by atoms with Crippen LogP contribution in [0.1, 0.15) is 22.9 Å². The Bertz CT molecular complexity index is 1700. The summed E-state index contributed by atoms with van der Waals surface area (Å²) >= 11 is 0. The van der Waals surface area contributed by atoms with Gasteiger partial charge in [0.15, 0.2) is 0 Å². The molecule has 6 aromatic rings. The van der Waals surface area contributed by atoms with Gasteiger partial charge in [0.2, 0.25) is 0 Å². The number of fused-ring (bicyclic) bond motifs is 6. The molecular formula is C30H20N2O. The van der Waals surface area contributed by atoms with Gasteiger partial charge >= 0.3 is 0 Å². The lowest BCUT2D eigenvalue weighted by atomic mass is 9.94. The topological polar surface area (TPSA) is 37.5 Å². The molecule has 0 saturated carbocycles. The van der Waals surface area contributed by atoms with Crippen molar-refractivity contribution in [1.29, 1.82) is 0 Å². The Morgan fingerprint density at radius 3 is 2.39 bits per heavy atom. The van der Waals surface area contributed by atoms with Crippen molar-refractivity contribution >= 4 is 44.1 Å². The van der Waals surface area contributed by atoms with Crippen LogP contribution in [-0.2, 0) is 0 Å². The first-order valence-corrected chi connectivity index (χ1v) is 11.2. The van der Waals surface area contributed by atoms with Gasteiger partial charge in [0.1, 0.15) is 17.3 Å². The lowest BCUT2D eigenvalue weighted by Gasteiger charge is -2.27. The van der Waals surface area contributed by atoms with Gasteiger partial charge in [-0.25, -0.2) is 0 Å². The lowest BCUT2D eigenvalue weighted by Crippen LogP contribution is -2.20. The molecule has 1 N–H and O–H groups in total. The number of nitrogens with zero attached hydrogens (tertiary/aromatic N) is 1. The van der Waals surface area contributed by atoms with Crippen LogP contribution in [0, 0.1) is 0 Å². The van der Waals surface area contributed by atoms with E-state index in [4.69, 9.17) is 9.41 Å². The minimum absolute atomic E-state index is 0.210. The van der Waals surface area contributed by atoms with Crippen LogP contribution in [0.2, 0.25) is 0 Å². The largest absolute Gasteiger partial charge is 0.456 e. The SMILES string of the molecule is c1ccc(C2=NC(c3cccc4ccc5oc6ccccc6c5c34)Nc3ccccc32)cc1. The molecule has 1 aliphatic rings. The van der Waals surface area contributed by atoms with E-state index in [0.717, 1.165) is 50.0 Å². The second-order valence-electron chi connectivity index (χ2n) is 8.42. The summed E-state index contributed by atoms with van der Waals surface area (Å²) in [7, 11) is 0. The van der Waals surface area contributed by atoms with Gasteiger partial charge in [-0.3, -0.25) is 4.99 Å². The number of para-hydroxylation sites is 2. The minimum Gasteiger partial charge on any atom is -0.456 e. The van der Waals surface area contributed by atoms with Gasteiger partial charge in [0.05, 0.1) is 5.71 Å². The van der Waals surface area contributed by atoms with Crippen molar-refractivity contribution in [3.05, 3.63) is 126 Å². The highest BCUT2D eigenvalue weighted by molar-refractivity contribution is 6.20. The average Bonchev–Trinajstić information content (AvgIpc) is 3.27. The fourth-order valence-corrected chi connectivity index (χ4v) is 5.02. The molecule has 1 aromatic heterocycles. The molecule has 0 spiro atoms. The van der Waals surface area contributed by atoms with Crippen LogP contribution < -0.4 is 5.32 Å². The first kappa shape index (κ1) is 18.2.